The van der Waals surface area contributed by atoms with Crippen LogP contribution in [0.3, 0.4) is 0 Å². The highest BCUT2D eigenvalue weighted by Crippen LogP contribution is 2.25. The molecule has 0 spiro atoms. The van der Waals surface area contributed by atoms with E-state index in [1.165, 1.54) is 10.4 Å². The highest BCUT2D eigenvalue weighted by atomic mass is 32.1. The molecule has 2 atom stereocenters. The van der Waals surface area contributed by atoms with Crippen LogP contribution in [-0.4, -0.2) is 11.5 Å². The lowest BCUT2D eigenvalue weighted by Crippen LogP contribution is -2.27. The van der Waals surface area contributed by atoms with Crippen LogP contribution in [0, 0.1) is 5.92 Å². The van der Waals surface area contributed by atoms with Crippen molar-refractivity contribution in [1.82, 2.24) is 10.3 Å². The van der Waals surface area contributed by atoms with Crippen molar-refractivity contribution in [3.05, 3.63) is 52.5 Å². The first kappa shape index (κ1) is 13.2. The Hall–Kier alpha value is -1.19. The minimum atomic E-state index is 0.415. The first-order valence-electron chi connectivity index (χ1n) is 6.47. The average molecular weight is 260 g/mol. The molecule has 2 nitrogen and oxygen atoms in total. The quantitative estimate of drug-likeness (QED) is 0.857. The van der Waals surface area contributed by atoms with E-state index in [1.807, 2.05) is 11.7 Å². The summed E-state index contributed by atoms with van der Waals surface area (Å²) in [5.74, 6) is 0.563. The lowest BCUT2D eigenvalue weighted by atomic mass is 9.91. The molecule has 2 rings (SSSR count). The predicted molar refractivity (Wildman–Crippen MR) is 77.8 cm³/mol. The number of benzene rings is 1. The normalized spacial score (nSPS) is 14.3. The Bertz CT molecular complexity index is 439. The van der Waals surface area contributed by atoms with Crippen LogP contribution in [0.1, 0.15) is 30.3 Å². The van der Waals surface area contributed by atoms with Gasteiger partial charge in [-0.05, 0) is 24.4 Å². The van der Waals surface area contributed by atoms with Crippen molar-refractivity contribution in [2.24, 2.45) is 5.92 Å². The number of rotatable bonds is 6. The van der Waals surface area contributed by atoms with Crippen molar-refractivity contribution in [3.8, 4) is 0 Å². The smallest absolute Gasteiger partial charge is 0.0794 e. The van der Waals surface area contributed by atoms with Gasteiger partial charge in [-0.3, -0.25) is 4.98 Å². The second-order valence-electron chi connectivity index (χ2n) is 4.60. The molecule has 96 valence electrons. The Balaban J connectivity index is 2.09. The van der Waals surface area contributed by atoms with E-state index < -0.39 is 0 Å². The summed E-state index contributed by atoms with van der Waals surface area (Å²) in [5.41, 5.74) is 3.28. The zero-order chi connectivity index (χ0) is 12.8. The van der Waals surface area contributed by atoms with Crippen LogP contribution in [0.25, 0.3) is 0 Å². The fourth-order valence-electron chi connectivity index (χ4n) is 2.31. The lowest BCUT2D eigenvalue weighted by molar-refractivity contribution is 0.393. The van der Waals surface area contributed by atoms with Gasteiger partial charge in [0.1, 0.15) is 0 Å². The third-order valence-electron chi connectivity index (χ3n) is 3.16. The molecule has 0 saturated carbocycles. The summed E-state index contributed by atoms with van der Waals surface area (Å²) in [6, 6.07) is 11.1. The van der Waals surface area contributed by atoms with E-state index >= 15 is 0 Å². The zero-order valence-electron chi connectivity index (χ0n) is 11.0. The van der Waals surface area contributed by atoms with Crippen molar-refractivity contribution in [3.63, 3.8) is 0 Å². The molecule has 1 heterocycles. The molecular weight excluding hydrogens is 240 g/mol. The zero-order valence-corrected chi connectivity index (χ0v) is 11.8. The van der Waals surface area contributed by atoms with E-state index in [9.17, 15) is 0 Å². The van der Waals surface area contributed by atoms with Gasteiger partial charge in [0, 0.05) is 17.1 Å². The van der Waals surface area contributed by atoms with Crippen LogP contribution >= 0.6 is 11.3 Å². The van der Waals surface area contributed by atoms with Crippen LogP contribution in [0.4, 0.5) is 0 Å². The maximum Gasteiger partial charge on any atom is 0.0794 e. The fraction of sp³-hybridized carbons (Fsp3) is 0.400. The Labute approximate surface area is 113 Å². The number of hydrogen-bond donors (Lipinski definition) is 1. The molecular formula is C15H20N2S. The van der Waals surface area contributed by atoms with E-state index in [-0.39, 0.29) is 0 Å². The first-order chi connectivity index (χ1) is 8.81. The van der Waals surface area contributed by atoms with Gasteiger partial charge in [0.15, 0.2) is 0 Å². The molecule has 0 aliphatic heterocycles. The Morgan fingerprint density at radius 3 is 2.67 bits per heavy atom. The van der Waals surface area contributed by atoms with Gasteiger partial charge in [-0.25, -0.2) is 0 Å². The molecule has 2 unspecified atom stereocenters. The lowest BCUT2D eigenvalue weighted by Gasteiger charge is -2.25. The summed E-state index contributed by atoms with van der Waals surface area (Å²) < 4.78 is 0. The highest BCUT2D eigenvalue weighted by Gasteiger charge is 2.18. The van der Waals surface area contributed by atoms with Crippen molar-refractivity contribution in [2.75, 3.05) is 6.54 Å². The van der Waals surface area contributed by atoms with Gasteiger partial charge in [-0.2, -0.15) is 0 Å². The maximum absolute atomic E-state index is 4.15. The van der Waals surface area contributed by atoms with E-state index in [0.717, 1.165) is 13.0 Å². The van der Waals surface area contributed by atoms with E-state index in [4.69, 9.17) is 0 Å². The summed E-state index contributed by atoms with van der Waals surface area (Å²) in [6.07, 6.45) is 3.06. The van der Waals surface area contributed by atoms with Gasteiger partial charge in [-0.15, -0.1) is 11.3 Å². The van der Waals surface area contributed by atoms with E-state index in [2.05, 4.69) is 54.5 Å². The van der Waals surface area contributed by atoms with Gasteiger partial charge in [0.2, 0.25) is 0 Å². The number of hydrogen-bond acceptors (Lipinski definition) is 3. The largest absolute Gasteiger partial charge is 0.310 e. The summed E-state index contributed by atoms with van der Waals surface area (Å²) in [4.78, 5) is 5.51. The van der Waals surface area contributed by atoms with Gasteiger partial charge >= 0.3 is 0 Å². The number of aromatic nitrogens is 1. The van der Waals surface area contributed by atoms with Crippen LogP contribution in [0.5, 0.6) is 0 Å². The standard InChI is InChI=1S/C15H20N2S/c1-3-17-15(13-7-5-4-6-8-13)12(2)9-14-10-16-11-18-14/h4-8,10-12,15,17H,3,9H2,1-2H3. The fourth-order valence-corrected chi connectivity index (χ4v) is 3.04. The molecule has 0 aliphatic rings. The predicted octanol–water partition coefficient (Wildman–Crippen LogP) is 3.67. The molecule has 0 amide bonds. The first-order valence-corrected chi connectivity index (χ1v) is 7.35. The highest BCUT2D eigenvalue weighted by molar-refractivity contribution is 7.09. The molecule has 0 aliphatic carbocycles. The van der Waals surface area contributed by atoms with E-state index in [0.29, 0.717) is 12.0 Å². The summed E-state index contributed by atoms with van der Waals surface area (Å²) in [6.45, 7) is 5.46. The number of thiazole rings is 1. The van der Waals surface area contributed by atoms with Crippen LogP contribution in [0.2, 0.25) is 0 Å². The Morgan fingerprint density at radius 1 is 1.28 bits per heavy atom. The number of nitrogens with one attached hydrogen (secondary N) is 1. The van der Waals surface area contributed by atoms with Crippen molar-refractivity contribution in [1.29, 1.82) is 0 Å². The van der Waals surface area contributed by atoms with Crippen molar-refractivity contribution >= 4 is 11.3 Å². The molecule has 1 N–H and O–H groups in total. The summed E-state index contributed by atoms with van der Waals surface area (Å²) in [7, 11) is 0. The Morgan fingerprint density at radius 2 is 2.06 bits per heavy atom. The molecule has 0 fully saturated rings. The van der Waals surface area contributed by atoms with Gasteiger partial charge < -0.3 is 5.32 Å². The molecule has 1 aromatic heterocycles. The van der Waals surface area contributed by atoms with E-state index in [1.54, 1.807) is 11.3 Å². The average Bonchev–Trinajstić information content (AvgIpc) is 2.89. The van der Waals surface area contributed by atoms with Crippen molar-refractivity contribution < 1.29 is 0 Å². The molecule has 2 aromatic rings. The molecule has 3 heteroatoms. The molecule has 0 radical (unpaired) electrons. The number of nitrogens with zero attached hydrogens (tertiary/aromatic N) is 1. The molecule has 1 aromatic carbocycles. The molecule has 0 saturated heterocycles. The second kappa shape index (κ2) is 6.66. The molecule has 0 bridgehead atoms. The topological polar surface area (TPSA) is 24.9 Å². The van der Waals surface area contributed by atoms with Crippen LogP contribution in [-0.2, 0) is 6.42 Å². The Kier molecular flexibility index (Phi) is 4.90. The minimum absolute atomic E-state index is 0.415. The van der Waals surface area contributed by atoms with Crippen LogP contribution in [0.15, 0.2) is 42.0 Å². The monoisotopic (exact) mass is 260 g/mol. The second-order valence-corrected chi connectivity index (χ2v) is 5.57. The third kappa shape index (κ3) is 3.40. The summed E-state index contributed by atoms with van der Waals surface area (Å²) in [5, 5.41) is 3.60. The van der Waals surface area contributed by atoms with Crippen molar-refractivity contribution in [2.45, 2.75) is 26.3 Å². The third-order valence-corrected chi connectivity index (χ3v) is 3.96. The van der Waals surface area contributed by atoms with Gasteiger partial charge in [-0.1, -0.05) is 44.2 Å². The SMILES string of the molecule is CCNC(c1ccccc1)C(C)Cc1cncs1. The van der Waals surface area contributed by atoms with Gasteiger partial charge in [0.25, 0.3) is 0 Å². The van der Waals surface area contributed by atoms with Crippen LogP contribution < -0.4 is 5.32 Å². The maximum atomic E-state index is 4.15. The minimum Gasteiger partial charge on any atom is -0.310 e. The van der Waals surface area contributed by atoms with Gasteiger partial charge in [0.05, 0.1) is 5.51 Å². The summed E-state index contributed by atoms with van der Waals surface area (Å²) >= 11 is 1.74. The molecule has 18 heavy (non-hydrogen) atoms.